The Morgan fingerprint density at radius 1 is 1.43 bits per heavy atom. The summed E-state index contributed by atoms with van der Waals surface area (Å²) in [7, 11) is 0. The van der Waals surface area contributed by atoms with Crippen LogP contribution in [0.4, 0.5) is 0 Å². The minimum atomic E-state index is -0.735. The lowest BCUT2D eigenvalue weighted by molar-refractivity contribution is 0.0258. The summed E-state index contributed by atoms with van der Waals surface area (Å²) < 4.78 is 10.5. The number of carbonyl (C=O) groups excluding carboxylic acids is 1. The Hall–Kier alpha value is -1.40. The minimum Gasteiger partial charge on any atom is -0.389 e. The summed E-state index contributed by atoms with van der Waals surface area (Å²) in [6.07, 6.45) is -0.735. The third-order valence-electron chi connectivity index (χ3n) is 2.74. The van der Waals surface area contributed by atoms with Gasteiger partial charge in [-0.05, 0) is 5.92 Å². The standard InChI is InChI=1S/C15H26N2O4/c1-10(2)8-20-9-11(18)7-16-14(19)12-6-13(21-17-12)15(3,4)5/h6,10-11,18H,7-9H2,1-5H3,(H,16,19). The van der Waals surface area contributed by atoms with Crippen molar-refractivity contribution in [3.8, 4) is 0 Å². The molecule has 0 saturated heterocycles. The van der Waals surface area contributed by atoms with E-state index in [0.29, 0.717) is 18.3 Å². The van der Waals surface area contributed by atoms with Gasteiger partial charge in [-0.25, -0.2) is 0 Å². The smallest absolute Gasteiger partial charge is 0.273 e. The maximum atomic E-state index is 11.9. The molecular formula is C15H26N2O4. The van der Waals surface area contributed by atoms with Gasteiger partial charge in [0.1, 0.15) is 5.76 Å². The first-order valence-electron chi connectivity index (χ1n) is 7.21. The Balaban J connectivity index is 2.38. The van der Waals surface area contributed by atoms with Crippen LogP contribution in [0, 0.1) is 5.92 Å². The Morgan fingerprint density at radius 2 is 2.10 bits per heavy atom. The number of nitrogens with one attached hydrogen (secondary N) is 1. The highest BCUT2D eigenvalue weighted by Gasteiger charge is 2.22. The van der Waals surface area contributed by atoms with Gasteiger partial charge in [0.15, 0.2) is 5.69 Å². The Labute approximate surface area is 125 Å². The van der Waals surface area contributed by atoms with Crippen molar-refractivity contribution in [2.75, 3.05) is 19.8 Å². The molecule has 6 nitrogen and oxygen atoms in total. The van der Waals surface area contributed by atoms with E-state index in [4.69, 9.17) is 9.26 Å². The fourth-order valence-corrected chi connectivity index (χ4v) is 1.54. The number of nitrogens with zero attached hydrogens (tertiary/aromatic N) is 1. The lowest BCUT2D eigenvalue weighted by Crippen LogP contribution is -2.35. The second-order valence-electron chi connectivity index (χ2n) is 6.62. The average Bonchev–Trinajstić information content (AvgIpc) is 2.84. The van der Waals surface area contributed by atoms with Crippen LogP contribution >= 0.6 is 0 Å². The van der Waals surface area contributed by atoms with Crippen LogP contribution in [0.25, 0.3) is 0 Å². The third-order valence-corrected chi connectivity index (χ3v) is 2.74. The first kappa shape index (κ1) is 17.7. The van der Waals surface area contributed by atoms with Gasteiger partial charge >= 0.3 is 0 Å². The summed E-state index contributed by atoms with van der Waals surface area (Å²) in [6, 6.07) is 1.62. The Morgan fingerprint density at radius 3 is 2.62 bits per heavy atom. The molecule has 1 aromatic rings. The van der Waals surface area contributed by atoms with Crippen LogP contribution < -0.4 is 5.32 Å². The van der Waals surface area contributed by atoms with Crippen molar-refractivity contribution in [1.82, 2.24) is 10.5 Å². The highest BCUT2D eigenvalue weighted by Crippen LogP contribution is 2.22. The van der Waals surface area contributed by atoms with Crippen LogP contribution in [0.5, 0.6) is 0 Å². The largest absolute Gasteiger partial charge is 0.389 e. The highest BCUT2D eigenvalue weighted by molar-refractivity contribution is 5.92. The summed E-state index contributed by atoms with van der Waals surface area (Å²) >= 11 is 0. The molecule has 0 aromatic carbocycles. The number of rotatable bonds is 7. The first-order valence-corrected chi connectivity index (χ1v) is 7.21. The average molecular weight is 298 g/mol. The van der Waals surface area contributed by atoms with Gasteiger partial charge in [0, 0.05) is 24.6 Å². The van der Waals surface area contributed by atoms with Gasteiger partial charge in [0.2, 0.25) is 0 Å². The van der Waals surface area contributed by atoms with Crippen molar-refractivity contribution in [3.63, 3.8) is 0 Å². The Kier molecular flexibility index (Phi) is 6.36. The van der Waals surface area contributed by atoms with E-state index in [2.05, 4.69) is 10.5 Å². The maximum Gasteiger partial charge on any atom is 0.273 e. The lowest BCUT2D eigenvalue weighted by Gasteiger charge is -2.13. The number of aliphatic hydroxyl groups excluding tert-OH is 1. The highest BCUT2D eigenvalue weighted by atomic mass is 16.5. The van der Waals surface area contributed by atoms with Crippen molar-refractivity contribution >= 4 is 5.91 Å². The molecule has 1 atom stereocenters. The van der Waals surface area contributed by atoms with E-state index >= 15 is 0 Å². The number of carbonyl (C=O) groups is 1. The molecule has 0 spiro atoms. The van der Waals surface area contributed by atoms with E-state index in [0.717, 1.165) is 0 Å². The molecule has 0 aliphatic carbocycles. The molecule has 120 valence electrons. The van der Waals surface area contributed by atoms with E-state index in [9.17, 15) is 9.90 Å². The van der Waals surface area contributed by atoms with Gasteiger partial charge < -0.3 is 19.7 Å². The summed E-state index contributed by atoms with van der Waals surface area (Å²) in [5.74, 6) is 0.698. The van der Waals surface area contributed by atoms with Crippen molar-refractivity contribution < 1.29 is 19.2 Å². The summed E-state index contributed by atoms with van der Waals surface area (Å²) in [5.41, 5.74) is 0.0191. The summed E-state index contributed by atoms with van der Waals surface area (Å²) in [4.78, 5) is 11.9. The minimum absolute atomic E-state index is 0.120. The van der Waals surface area contributed by atoms with Crippen LogP contribution in [0.1, 0.15) is 50.9 Å². The molecule has 1 amide bonds. The number of hydrogen-bond acceptors (Lipinski definition) is 5. The summed E-state index contributed by atoms with van der Waals surface area (Å²) in [5, 5.41) is 16.1. The second kappa shape index (κ2) is 7.56. The molecule has 6 heteroatoms. The molecule has 21 heavy (non-hydrogen) atoms. The number of aliphatic hydroxyl groups is 1. The predicted molar refractivity (Wildman–Crippen MR) is 79.2 cm³/mol. The van der Waals surface area contributed by atoms with E-state index in [-0.39, 0.29) is 30.2 Å². The number of amides is 1. The van der Waals surface area contributed by atoms with Gasteiger partial charge in [0.05, 0.1) is 12.7 Å². The normalized spacial score (nSPS) is 13.5. The van der Waals surface area contributed by atoms with Crippen molar-refractivity contribution in [2.24, 2.45) is 5.92 Å². The molecular weight excluding hydrogens is 272 g/mol. The van der Waals surface area contributed by atoms with Gasteiger partial charge in [-0.15, -0.1) is 0 Å². The maximum absolute atomic E-state index is 11.9. The second-order valence-corrected chi connectivity index (χ2v) is 6.62. The summed E-state index contributed by atoms with van der Waals surface area (Å²) in [6.45, 7) is 10.9. The fourth-order valence-electron chi connectivity index (χ4n) is 1.54. The zero-order chi connectivity index (χ0) is 16.0. The van der Waals surface area contributed by atoms with Crippen molar-refractivity contribution in [2.45, 2.75) is 46.1 Å². The van der Waals surface area contributed by atoms with Crippen molar-refractivity contribution in [1.29, 1.82) is 0 Å². The van der Waals surface area contributed by atoms with Gasteiger partial charge in [-0.2, -0.15) is 0 Å². The van der Waals surface area contributed by atoms with E-state index in [1.54, 1.807) is 6.07 Å². The van der Waals surface area contributed by atoms with Gasteiger partial charge in [0.25, 0.3) is 5.91 Å². The first-order chi connectivity index (χ1) is 9.70. The zero-order valence-electron chi connectivity index (χ0n) is 13.5. The Bertz CT molecular complexity index is 449. The SMILES string of the molecule is CC(C)COCC(O)CNC(=O)c1cc(C(C)(C)C)on1. The van der Waals surface area contributed by atoms with Crippen molar-refractivity contribution in [3.05, 3.63) is 17.5 Å². The van der Waals surface area contributed by atoms with E-state index in [1.807, 2.05) is 34.6 Å². The third kappa shape index (κ3) is 6.27. The molecule has 0 saturated carbocycles. The molecule has 0 aliphatic rings. The number of ether oxygens (including phenoxy) is 1. The molecule has 2 N–H and O–H groups in total. The van der Waals surface area contributed by atoms with Gasteiger partial charge in [-0.3, -0.25) is 4.79 Å². The topological polar surface area (TPSA) is 84.6 Å². The molecule has 1 heterocycles. The van der Waals surface area contributed by atoms with Crippen LogP contribution in [0.3, 0.4) is 0 Å². The quantitative estimate of drug-likeness (QED) is 0.801. The molecule has 1 aromatic heterocycles. The zero-order valence-corrected chi connectivity index (χ0v) is 13.5. The number of aromatic nitrogens is 1. The molecule has 0 radical (unpaired) electrons. The van der Waals surface area contributed by atoms with Gasteiger partial charge in [-0.1, -0.05) is 39.8 Å². The monoisotopic (exact) mass is 298 g/mol. The number of hydrogen-bond donors (Lipinski definition) is 2. The molecule has 1 rings (SSSR count). The molecule has 0 aliphatic heterocycles. The lowest BCUT2D eigenvalue weighted by atomic mass is 9.93. The fraction of sp³-hybridized carbons (Fsp3) is 0.733. The van der Waals surface area contributed by atoms with Crippen LogP contribution in [0.15, 0.2) is 10.6 Å². The van der Waals surface area contributed by atoms with E-state index < -0.39 is 6.10 Å². The molecule has 0 fully saturated rings. The predicted octanol–water partition coefficient (Wildman–Crippen LogP) is 1.74. The van der Waals surface area contributed by atoms with Crippen LogP contribution in [-0.2, 0) is 10.2 Å². The molecule has 0 bridgehead atoms. The van der Waals surface area contributed by atoms with E-state index in [1.165, 1.54) is 0 Å². The van der Waals surface area contributed by atoms with Crippen LogP contribution in [0.2, 0.25) is 0 Å². The molecule has 1 unspecified atom stereocenters. The van der Waals surface area contributed by atoms with Crippen LogP contribution in [-0.4, -0.2) is 42.0 Å².